The van der Waals surface area contributed by atoms with Crippen molar-refractivity contribution in [2.45, 2.75) is 25.7 Å². The van der Waals surface area contributed by atoms with Crippen LogP contribution in [-0.2, 0) is 13.1 Å². The second kappa shape index (κ2) is 6.02. The number of aromatic nitrogens is 1. The lowest BCUT2D eigenvalue weighted by molar-refractivity contribution is -0.0960. The van der Waals surface area contributed by atoms with E-state index in [0.29, 0.717) is 19.6 Å². The highest BCUT2D eigenvalue weighted by molar-refractivity contribution is 7.09. The lowest BCUT2D eigenvalue weighted by atomic mass is 10.1. The Morgan fingerprint density at radius 1 is 1.47 bits per heavy atom. The number of hydrogen-bond acceptors (Lipinski definition) is 4. The van der Waals surface area contributed by atoms with Gasteiger partial charge in [0, 0.05) is 37.1 Å². The molecule has 0 bridgehead atoms. The van der Waals surface area contributed by atoms with E-state index in [9.17, 15) is 13.2 Å². The molecule has 0 saturated heterocycles. The summed E-state index contributed by atoms with van der Waals surface area (Å²) < 4.78 is 37.4. The highest BCUT2D eigenvalue weighted by Crippen LogP contribution is 2.30. The number of nitrogens with one attached hydrogen (secondary N) is 1. The fourth-order valence-electron chi connectivity index (χ4n) is 2.00. The normalized spacial score (nSPS) is 17.6. The molecule has 1 aliphatic heterocycles. The maximum Gasteiger partial charge on any atom is 0.412 e. The highest BCUT2D eigenvalue weighted by Gasteiger charge is 2.34. The molecule has 0 radical (unpaired) electrons. The SMILES string of the molecule is CNCc1nc(CN2CC=C(C(F)(F)F)CC2)cs1. The molecular formula is C12H16F3N3S. The van der Waals surface area contributed by atoms with Crippen LogP contribution in [-0.4, -0.2) is 36.2 Å². The minimum absolute atomic E-state index is 0.0665. The summed E-state index contributed by atoms with van der Waals surface area (Å²) in [6.45, 7) is 2.11. The first-order valence-electron chi connectivity index (χ1n) is 6.05. The number of halogens is 3. The third-order valence-electron chi connectivity index (χ3n) is 2.97. The summed E-state index contributed by atoms with van der Waals surface area (Å²) in [6, 6.07) is 0. The Balaban J connectivity index is 1.90. The van der Waals surface area contributed by atoms with Crippen molar-refractivity contribution in [1.82, 2.24) is 15.2 Å². The van der Waals surface area contributed by atoms with Crippen LogP contribution in [0, 0.1) is 0 Å². The molecule has 0 aromatic carbocycles. The smallest absolute Gasteiger partial charge is 0.314 e. The molecule has 1 aromatic rings. The second-order valence-electron chi connectivity index (χ2n) is 4.48. The van der Waals surface area contributed by atoms with E-state index < -0.39 is 11.7 Å². The maximum absolute atomic E-state index is 12.5. The molecule has 0 amide bonds. The maximum atomic E-state index is 12.5. The summed E-state index contributed by atoms with van der Waals surface area (Å²) in [7, 11) is 1.86. The number of nitrogens with zero attached hydrogens (tertiary/aromatic N) is 2. The van der Waals surface area contributed by atoms with Gasteiger partial charge in [-0.15, -0.1) is 11.3 Å². The topological polar surface area (TPSA) is 28.2 Å². The Bertz CT molecular complexity index is 453. The molecule has 19 heavy (non-hydrogen) atoms. The standard InChI is InChI=1S/C12H16F3N3S/c1-16-6-11-17-10(8-19-11)7-18-4-2-9(3-5-18)12(13,14)15/h2,8,16H,3-7H2,1H3. The molecule has 1 aromatic heterocycles. The molecule has 0 saturated carbocycles. The zero-order valence-electron chi connectivity index (χ0n) is 10.6. The fraction of sp³-hybridized carbons (Fsp3) is 0.583. The van der Waals surface area contributed by atoms with Gasteiger partial charge < -0.3 is 5.32 Å². The first-order valence-corrected chi connectivity index (χ1v) is 6.93. The fourth-order valence-corrected chi connectivity index (χ4v) is 2.79. The summed E-state index contributed by atoms with van der Waals surface area (Å²) in [4.78, 5) is 6.41. The number of thiazole rings is 1. The zero-order chi connectivity index (χ0) is 13.9. The Labute approximate surface area is 114 Å². The first kappa shape index (κ1) is 14.5. The lowest BCUT2D eigenvalue weighted by Gasteiger charge is -2.26. The largest absolute Gasteiger partial charge is 0.412 e. The van der Waals surface area contributed by atoms with Crippen molar-refractivity contribution in [2.24, 2.45) is 0 Å². The van der Waals surface area contributed by atoms with Gasteiger partial charge in [-0.3, -0.25) is 4.90 Å². The first-order chi connectivity index (χ1) is 8.99. The molecule has 0 fully saturated rings. The Morgan fingerprint density at radius 2 is 2.26 bits per heavy atom. The average Bonchev–Trinajstić information content (AvgIpc) is 2.77. The van der Waals surface area contributed by atoms with Gasteiger partial charge in [0.25, 0.3) is 0 Å². The molecule has 1 aliphatic rings. The third kappa shape index (κ3) is 4.02. The van der Waals surface area contributed by atoms with E-state index in [2.05, 4.69) is 10.3 Å². The van der Waals surface area contributed by atoms with Gasteiger partial charge in [0.15, 0.2) is 0 Å². The Kier molecular flexibility index (Phi) is 4.59. The van der Waals surface area contributed by atoms with E-state index >= 15 is 0 Å². The van der Waals surface area contributed by atoms with Gasteiger partial charge in [-0.25, -0.2) is 4.98 Å². The number of alkyl halides is 3. The summed E-state index contributed by atoms with van der Waals surface area (Å²) >= 11 is 1.57. The van der Waals surface area contributed by atoms with Gasteiger partial charge in [0.05, 0.1) is 5.69 Å². The molecule has 2 heterocycles. The van der Waals surface area contributed by atoms with Crippen molar-refractivity contribution < 1.29 is 13.2 Å². The van der Waals surface area contributed by atoms with Crippen LogP contribution < -0.4 is 5.32 Å². The van der Waals surface area contributed by atoms with Crippen LogP contribution in [0.2, 0.25) is 0 Å². The minimum atomic E-state index is -4.17. The zero-order valence-corrected chi connectivity index (χ0v) is 11.4. The van der Waals surface area contributed by atoms with Crippen molar-refractivity contribution >= 4 is 11.3 Å². The summed E-state index contributed by atoms with van der Waals surface area (Å²) in [5.74, 6) is 0. The van der Waals surface area contributed by atoms with Crippen molar-refractivity contribution in [3.63, 3.8) is 0 Å². The van der Waals surface area contributed by atoms with Gasteiger partial charge >= 0.3 is 6.18 Å². The van der Waals surface area contributed by atoms with Gasteiger partial charge in [-0.1, -0.05) is 6.08 Å². The van der Waals surface area contributed by atoms with E-state index in [-0.39, 0.29) is 6.42 Å². The van der Waals surface area contributed by atoms with Crippen LogP contribution in [0.4, 0.5) is 13.2 Å². The van der Waals surface area contributed by atoms with Crippen LogP contribution in [0.5, 0.6) is 0 Å². The Hall–Kier alpha value is -0.920. The predicted molar refractivity (Wildman–Crippen MR) is 68.9 cm³/mol. The molecule has 0 unspecified atom stereocenters. The van der Waals surface area contributed by atoms with Crippen molar-refractivity contribution in [2.75, 3.05) is 20.1 Å². The van der Waals surface area contributed by atoms with E-state index in [0.717, 1.165) is 17.2 Å². The van der Waals surface area contributed by atoms with Crippen LogP contribution in [0.1, 0.15) is 17.1 Å². The van der Waals surface area contributed by atoms with Gasteiger partial charge in [0.2, 0.25) is 0 Å². The van der Waals surface area contributed by atoms with Crippen LogP contribution in [0.25, 0.3) is 0 Å². The molecule has 1 N–H and O–H groups in total. The van der Waals surface area contributed by atoms with E-state index in [4.69, 9.17) is 0 Å². The molecule has 0 aliphatic carbocycles. The van der Waals surface area contributed by atoms with E-state index in [1.54, 1.807) is 11.3 Å². The molecule has 7 heteroatoms. The van der Waals surface area contributed by atoms with E-state index in [1.165, 1.54) is 6.08 Å². The van der Waals surface area contributed by atoms with Crippen LogP contribution in [0.3, 0.4) is 0 Å². The van der Waals surface area contributed by atoms with Crippen LogP contribution in [0.15, 0.2) is 17.0 Å². The molecule has 3 nitrogen and oxygen atoms in total. The van der Waals surface area contributed by atoms with Crippen LogP contribution >= 0.6 is 11.3 Å². The molecule has 0 atom stereocenters. The summed E-state index contributed by atoms with van der Waals surface area (Å²) in [5, 5.41) is 5.99. The third-order valence-corrected chi connectivity index (χ3v) is 3.87. The quantitative estimate of drug-likeness (QED) is 0.864. The summed E-state index contributed by atoms with van der Waals surface area (Å²) in [5.41, 5.74) is 0.525. The summed E-state index contributed by atoms with van der Waals surface area (Å²) in [6.07, 6.45) is -2.83. The molecule has 106 valence electrons. The van der Waals surface area contributed by atoms with Gasteiger partial charge in [0.1, 0.15) is 5.01 Å². The number of hydrogen-bond donors (Lipinski definition) is 1. The molecule has 0 spiro atoms. The second-order valence-corrected chi connectivity index (χ2v) is 5.42. The average molecular weight is 291 g/mol. The van der Waals surface area contributed by atoms with Gasteiger partial charge in [-0.2, -0.15) is 13.2 Å². The van der Waals surface area contributed by atoms with Gasteiger partial charge in [-0.05, 0) is 13.5 Å². The van der Waals surface area contributed by atoms with E-state index in [1.807, 2.05) is 17.3 Å². The van der Waals surface area contributed by atoms with Crippen molar-refractivity contribution in [1.29, 1.82) is 0 Å². The molecule has 2 rings (SSSR count). The number of rotatable bonds is 4. The van der Waals surface area contributed by atoms with Crippen molar-refractivity contribution in [3.8, 4) is 0 Å². The predicted octanol–water partition coefficient (Wildman–Crippen LogP) is 2.56. The highest BCUT2D eigenvalue weighted by atomic mass is 32.1. The minimum Gasteiger partial charge on any atom is -0.314 e. The molecular weight excluding hydrogens is 275 g/mol. The Morgan fingerprint density at radius 3 is 2.84 bits per heavy atom. The monoisotopic (exact) mass is 291 g/mol. The van der Waals surface area contributed by atoms with Crippen molar-refractivity contribution in [3.05, 3.63) is 27.7 Å². The lowest BCUT2D eigenvalue weighted by Crippen LogP contribution is -2.31.